The number of amides is 1. The Balaban J connectivity index is 1.73. The summed E-state index contributed by atoms with van der Waals surface area (Å²) in [6, 6.07) is 5.58. The normalized spacial score (nSPS) is 17.4. The van der Waals surface area contributed by atoms with Crippen LogP contribution < -0.4 is 5.32 Å². The minimum atomic E-state index is 0.0238. The minimum absolute atomic E-state index is 0.0238. The summed E-state index contributed by atoms with van der Waals surface area (Å²) in [5.41, 5.74) is 2.90. The lowest BCUT2D eigenvalue weighted by Crippen LogP contribution is -2.28. The highest BCUT2D eigenvalue weighted by Crippen LogP contribution is 2.31. The molecule has 0 bridgehead atoms. The van der Waals surface area contributed by atoms with Crippen molar-refractivity contribution in [1.82, 2.24) is 4.98 Å². The van der Waals surface area contributed by atoms with Gasteiger partial charge in [-0.25, -0.2) is 4.98 Å². The number of aryl methyl sites for hydroxylation is 2. The second kappa shape index (κ2) is 5.78. The minimum Gasteiger partial charge on any atom is -0.326 e. The first kappa shape index (κ1) is 14.5. The number of nitrogens with one attached hydrogen (secondary N) is 1. The molecule has 1 aliphatic carbocycles. The quantitative estimate of drug-likeness (QED) is 0.903. The largest absolute Gasteiger partial charge is 0.326 e. The molecule has 1 N–H and O–H groups in total. The lowest BCUT2D eigenvalue weighted by atomic mass is 9.90. The number of rotatable bonds is 2. The number of hydrogen-bond acceptors (Lipinski definition) is 3. The molecule has 1 amide bonds. The predicted molar refractivity (Wildman–Crippen MR) is 87.2 cm³/mol. The molecule has 110 valence electrons. The van der Waals surface area contributed by atoms with E-state index in [2.05, 4.69) is 10.3 Å². The molecule has 3 nitrogen and oxygen atoms in total. The van der Waals surface area contributed by atoms with Crippen LogP contribution in [0.3, 0.4) is 0 Å². The fourth-order valence-corrected chi connectivity index (χ4v) is 3.94. The molecule has 0 aliphatic heterocycles. The molecule has 1 unspecified atom stereocenters. The van der Waals surface area contributed by atoms with Gasteiger partial charge in [0.15, 0.2) is 0 Å². The summed E-state index contributed by atoms with van der Waals surface area (Å²) < 4.78 is 0. The lowest BCUT2D eigenvalue weighted by molar-refractivity contribution is -0.120. The van der Waals surface area contributed by atoms with Crippen molar-refractivity contribution in [3.05, 3.63) is 44.4 Å². The topological polar surface area (TPSA) is 42.0 Å². The molecule has 1 atom stereocenters. The summed E-state index contributed by atoms with van der Waals surface area (Å²) in [7, 11) is 0. The maximum Gasteiger partial charge on any atom is 0.227 e. The van der Waals surface area contributed by atoms with E-state index in [0.29, 0.717) is 5.02 Å². The van der Waals surface area contributed by atoms with E-state index < -0.39 is 0 Å². The number of hydrogen-bond donors (Lipinski definition) is 1. The molecule has 0 saturated heterocycles. The van der Waals surface area contributed by atoms with Gasteiger partial charge in [-0.05, 0) is 50.8 Å². The average molecular weight is 321 g/mol. The average Bonchev–Trinajstić information content (AvgIpc) is 2.82. The number of anilines is 1. The molecular weight excluding hydrogens is 304 g/mol. The van der Waals surface area contributed by atoms with E-state index in [1.165, 1.54) is 10.6 Å². The molecule has 2 aromatic rings. The molecule has 0 radical (unpaired) electrons. The molecule has 21 heavy (non-hydrogen) atoms. The molecule has 1 aliphatic rings. The Morgan fingerprint density at radius 1 is 1.43 bits per heavy atom. The first-order valence-electron chi connectivity index (χ1n) is 7.05. The number of nitrogens with zero attached hydrogens (tertiary/aromatic N) is 1. The predicted octanol–water partition coefficient (Wildman–Crippen LogP) is 4.16. The summed E-state index contributed by atoms with van der Waals surface area (Å²) in [5.74, 6) is 0.104. The van der Waals surface area contributed by atoms with Crippen LogP contribution in [0.1, 0.15) is 27.6 Å². The van der Waals surface area contributed by atoms with Gasteiger partial charge in [0.25, 0.3) is 0 Å². The van der Waals surface area contributed by atoms with Gasteiger partial charge in [0.2, 0.25) is 5.91 Å². The second-order valence-electron chi connectivity index (χ2n) is 5.44. The molecule has 0 spiro atoms. The van der Waals surface area contributed by atoms with Crippen LogP contribution in [-0.2, 0) is 17.6 Å². The molecule has 1 heterocycles. The number of fused-ring (bicyclic) bond motifs is 1. The van der Waals surface area contributed by atoms with Gasteiger partial charge in [-0.3, -0.25) is 4.79 Å². The third kappa shape index (κ3) is 2.97. The molecule has 3 rings (SSSR count). The Morgan fingerprint density at radius 3 is 3.05 bits per heavy atom. The highest BCUT2D eigenvalue weighted by Gasteiger charge is 2.27. The van der Waals surface area contributed by atoms with E-state index in [0.717, 1.165) is 35.5 Å². The van der Waals surface area contributed by atoms with Crippen molar-refractivity contribution in [2.75, 3.05) is 5.32 Å². The van der Waals surface area contributed by atoms with Crippen LogP contribution in [0.25, 0.3) is 0 Å². The number of thiazole rings is 1. The zero-order valence-corrected chi connectivity index (χ0v) is 13.6. The fraction of sp³-hybridized carbons (Fsp3) is 0.375. The zero-order valence-electron chi connectivity index (χ0n) is 12.1. The lowest BCUT2D eigenvalue weighted by Gasteiger charge is -2.21. The Morgan fingerprint density at radius 2 is 2.24 bits per heavy atom. The van der Waals surface area contributed by atoms with E-state index in [1.807, 2.05) is 32.0 Å². The number of carbonyl (C=O) groups is 1. The number of carbonyl (C=O) groups excluding carboxylic acids is 1. The van der Waals surface area contributed by atoms with Gasteiger partial charge in [0.1, 0.15) is 0 Å². The van der Waals surface area contributed by atoms with Crippen molar-refractivity contribution in [2.45, 2.75) is 33.1 Å². The summed E-state index contributed by atoms with van der Waals surface area (Å²) in [5, 5.41) is 4.79. The highest BCUT2D eigenvalue weighted by atomic mass is 35.5. The summed E-state index contributed by atoms with van der Waals surface area (Å²) in [6.45, 7) is 3.94. The van der Waals surface area contributed by atoms with Gasteiger partial charge < -0.3 is 5.32 Å². The van der Waals surface area contributed by atoms with Gasteiger partial charge in [-0.1, -0.05) is 17.7 Å². The van der Waals surface area contributed by atoms with Gasteiger partial charge in [-0.15, -0.1) is 11.3 Å². The SMILES string of the molecule is Cc1nc2c(s1)CC(C(=O)Nc1cccc(Cl)c1C)CC2. The molecular formula is C16H17ClN2OS. The Bertz CT molecular complexity index is 696. The summed E-state index contributed by atoms with van der Waals surface area (Å²) in [6.07, 6.45) is 2.56. The standard InChI is InChI=1S/C16H17ClN2OS/c1-9-12(17)4-3-5-13(9)19-16(20)11-6-7-14-15(8-11)21-10(2)18-14/h3-5,11H,6-8H2,1-2H3,(H,19,20). The number of aromatic nitrogens is 1. The maximum atomic E-state index is 12.5. The molecule has 0 fully saturated rings. The van der Waals surface area contributed by atoms with Crippen LogP contribution >= 0.6 is 22.9 Å². The molecule has 0 saturated carbocycles. The molecule has 1 aromatic heterocycles. The third-order valence-corrected chi connectivity index (χ3v) is 5.39. The van der Waals surface area contributed by atoms with E-state index in [9.17, 15) is 4.79 Å². The number of halogens is 1. The van der Waals surface area contributed by atoms with Crippen molar-refractivity contribution < 1.29 is 4.79 Å². The van der Waals surface area contributed by atoms with E-state index in [1.54, 1.807) is 11.3 Å². The number of benzene rings is 1. The van der Waals surface area contributed by atoms with E-state index in [-0.39, 0.29) is 11.8 Å². The van der Waals surface area contributed by atoms with Gasteiger partial charge in [0, 0.05) is 21.5 Å². The Kier molecular flexibility index (Phi) is 4.00. The van der Waals surface area contributed by atoms with E-state index in [4.69, 9.17) is 11.6 Å². The Labute approximate surface area is 133 Å². The van der Waals surface area contributed by atoms with Gasteiger partial charge in [0.05, 0.1) is 10.7 Å². The summed E-state index contributed by atoms with van der Waals surface area (Å²) in [4.78, 5) is 18.3. The highest BCUT2D eigenvalue weighted by molar-refractivity contribution is 7.11. The Hall–Kier alpha value is -1.39. The van der Waals surface area contributed by atoms with Crippen LogP contribution in [0.2, 0.25) is 5.02 Å². The van der Waals surface area contributed by atoms with Gasteiger partial charge in [-0.2, -0.15) is 0 Å². The van der Waals surface area contributed by atoms with Crippen LogP contribution in [0.4, 0.5) is 5.69 Å². The van der Waals surface area contributed by atoms with Crippen LogP contribution in [0, 0.1) is 19.8 Å². The smallest absolute Gasteiger partial charge is 0.227 e. The van der Waals surface area contributed by atoms with Crippen molar-refractivity contribution in [1.29, 1.82) is 0 Å². The first-order chi connectivity index (χ1) is 10.0. The summed E-state index contributed by atoms with van der Waals surface area (Å²) >= 11 is 7.81. The second-order valence-corrected chi connectivity index (χ2v) is 7.14. The van der Waals surface area contributed by atoms with Crippen LogP contribution in [-0.4, -0.2) is 10.9 Å². The van der Waals surface area contributed by atoms with Crippen LogP contribution in [0.15, 0.2) is 18.2 Å². The molecule has 5 heteroatoms. The first-order valence-corrected chi connectivity index (χ1v) is 8.25. The van der Waals surface area contributed by atoms with Gasteiger partial charge >= 0.3 is 0 Å². The third-order valence-electron chi connectivity index (χ3n) is 3.94. The van der Waals surface area contributed by atoms with Crippen molar-refractivity contribution >= 4 is 34.5 Å². The van der Waals surface area contributed by atoms with Crippen molar-refractivity contribution in [2.24, 2.45) is 5.92 Å². The fourth-order valence-electron chi connectivity index (χ4n) is 2.71. The van der Waals surface area contributed by atoms with Crippen molar-refractivity contribution in [3.63, 3.8) is 0 Å². The monoisotopic (exact) mass is 320 g/mol. The van der Waals surface area contributed by atoms with E-state index >= 15 is 0 Å². The molecule has 1 aromatic carbocycles. The van der Waals surface area contributed by atoms with Crippen molar-refractivity contribution in [3.8, 4) is 0 Å². The maximum absolute atomic E-state index is 12.5. The van der Waals surface area contributed by atoms with Crippen LogP contribution in [0.5, 0.6) is 0 Å². The zero-order chi connectivity index (χ0) is 15.0.